The first-order valence-corrected chi connectivity index (χ1v) is 15.7. The number of amides is 1. The van der Waals surface area contributed by atoms with E-state index in [0.717, 1.165) is 10.3 Å². The van der Waals surface area contributed by atoms with Gasteiger partial charge in [0, 0.05) is 5.56 Å². The molecule has 1 fully saturated rings. The van der Waals surface area contributed by atoms with Crippen LogP contribution in [0.5, 0.6) is 23.0 Å². The van der Waals surface area contributed by atoms with Crippen molar-refractivity contribution >= 4 is 44.1 Å². The van der Waals surface area contributed by atoms with E-state index >= 15 is 0 Å². The molecule has 1 N–H and O–H groups in total. The maximum atomic E-state index is 13.8. The fourth-order valence-corrected chi connectivity index (χ4v) is 6.36. The highest BCUT2D eigenvalue weighted by molar-refractivity contribution is 7.22. The number of hydrogen-bond donors (Lipinski definition) is 1. The van der Waals surface area contributed by atoms with E-state index in [2.05, 4.69) is 0 Å². The van der Waals surface area contributed by atoms with E-state index in [4.69, 9.17) is 23.9 Å². The van der Waals surface area contributed by atoms with Gasteiger partial charge in [-0.15, -0.1) is 0 Å². The number of aromatic nitrogens is 1. The third-order valence-electron chi connectivity index (χ3n) is 7.49. The van der Waals surface area contributed by atoms with Gasteiger partial charge in [-0.25, -0.2) is 4.98 Å². The van der Waals surface area contributed by atoms with Gasteiger partial charge in [0.1, 0.15) is 23.9 Å². The van der Waals surface area contributed by atoms with Gasteiger partial charge in [0.25, 0.3) is 5.78 Å². The van der Waals surface area contributed by atoms with E-state index in [9.17, 15) is 14.7 Å². The minimum absolute atomic E-state index is 0.0663. The molecule has 0 radical (unpaired) electrons. The Bertz CT molecular complexity index is 1920. The Kier molecular flexibility index (Phi) is 8.89. The molecule has 4 aromatic carbocycles. The number of benzene rings is 4. The summed E-state index contributed by atoms with van der Waals surface area (Å²) in [4.78, 5) is 33.6. The Morgan fingerprint density at radius 1 is 0.848 bits per heavy atom. The van der Waals surface area contributed by atoms with Crippen LogP contribution in [-0.4, -0.2) is 42.1 Å². The molecule has 1 atom stereocenters. The summed E-state index contributed by atoms with van der Waals surface area (Å²) in [5.41, 5.74) is 2.47. The van der Waals surface area contributed by atoms with Crippen molar-refractivity contribution in [1.29, 1.82) is 0 Å². The molecule has 9 nitrogen and oxygen atoms in total. The Hall–Kier alpha value is -5.35. The van der Waals surface area contributed by atoms with Crippen LogP contribution >= 0.6 is 11.3 Å². The summed E-state index contributed by atoms with van der Waals surface area (Å²) in [6.07, 6.45) is 0. The minimum Gasteiger partial charge on any atom is -0.507 e. The van der Waals surface area contributed by atoms with Crippen molar-refractivity contribution in [3.05, 3.63) is 113 Å². The summed E-state index contributed by atoms with van der Waals surface area (Å²) in [7, 11) is 1.52. The molecule has 1 amide bonds. The van der Waals surface area contributed by atoms with Crippen molar-refractivity contribution < 1.29 is 33.6 Å². The third-order valence-corrected chi connectivity index (χ3v) is 8.51. The molecule has 0 saturated carbocycles. The fraction of sp³-hybridized carbons (Fsp3) is 0.194. The summed E-state index contributed by atoms with van der Waals surface area (Å²) in [5, 5.41) is 11.9. The van der Waals surface area contributed by atoms with E-state index in [1.807, 2.05) is 62.4 Å². The number of aliphatic hydroxyl groups excluding tert-OH is 1. The van der Waals surface area contributed by atoms with Crippen LogP contribution in [0, 0.1) is 0 Å². The first-order chi connectivity index (χ1) is 22.4. The molecule has 10 heteroatoms. The van der Waals surface area contributed by atoms with Crippen LogP contribution in [0.25, 0.3) is 16.0 Å². The highest BCUT2D eigenvalue weighted by Crippen LogP contribution is 2.46. The maximum absolute atomic E-state index is 13.8. The second kappa shape index (κ2) is 13.3. The number of aliphatic hydroxyl groups is 1. The van der Waals surface area contributed by atoms with E-state index in [-0.39, 0.29) is 11.3 Å². The molecule has 6 rings (SSSR count). The van der Waals surface area contributed by atoms with Gasteiger partial charge in [0.2, 0.25) is 0 Å². The number of anilines is 1. The number of nitrogens with zero attached hydrogens (tertiary/aromatic N) is 2. The van der Waals surface area contributed by atoms with Crippen molar-refractivity contribution in [2.75, 3.05) is 25.2 Å². The highest BCUT2D eigenvalue weighted by Gasteiger charge is 2.48. The summed E-state index contributed by atoms with van der Waals surface area (Å²) in [5.74, 6) is 0.256. The number of ether oxygens (including phenoxy) is 4. The number of carbonyl (C=O) groups is 2. The van der Waals surface area contributed by atoms with Crippen molar-refractivity contribution in [2.24, 2.45) is 0 Å². The lowest BCUT2D eigenvalue weighted by molar-refractivity contribution is -0.132. The Morgan fingerprint density at radius 3 is 2.28 bits per heavy atom. The largest absolute Gasteiger partial charge is 0.507 e. The van der Waals surface area contributed by atoms with E-state index in [1.54, 1.807) is 42.5 Å². The smallest absolute Gasteiger partial charge is 0.301 e. The molecule has 5 aromatic rings. The molecule has 1 unspecified atom stereocenters. The van der Waals surface area contributed by atoms with Gasteiger partial charge < -0.3 is 24.1 Å². The molecule has 1 aliphatic rings. The van der Waals surface area contributed by atoms with Gasteiger partial charge in [0.15, 0.2) is 16.6 Å². The van der Waals surface area contributed by atoms with Crippen LogP contribution in [0.2, 0.25) is 0 Å². The lowest BCUT2D eigenvalue weighted by atomic mass is 9.95. The van der Waals surface area contributed by atoms with Crippen molar-refractivity contribution in [2.45, 2.75) is 26.5 Å². The van der Waals surface area contributed by atoms with Crippen LogP contribution < -0.4 is 23.8 Å². The monoisotopic (exact) mass is 636 g/mol. The van der Waals surface area contributed by atoms with Crippen molar-refractivity contribution in [1.82, 2.24) is 4.98 Å². The third kappa shape index (κ3) is 5.99. The van der Waals surface area contributed by atoms with Crippen LogP contribution in [-0.2, 0) is 16.2 Å². The topological polar surface area (TPSA) is 107 Å². The maximum Gasteiger partial charge on any atom is 0.301 e. The lowest BCUT2D eigenvalue weighted by Crippen LogP contribution is -2.29. The summed E-state index contributed by atoms with van der Waals surface area (Å²) in [6, 6.07) is 26.1. The minimum atomic E-state index is -1.00. The molecule has 1 aromatic heterocycles. The number of hydrogen-bond acceptors (Lipinski definition) is 9. The average Bonchev–Trinajstić information content (AvgIpc) is 3.61. The zero-order chi connectivity index (χ0) is 32.2. The number of ketones is 1. The number of rotatable bonds is 11. The second-order valence-electron chi connectivity index (χ2n) is 10.4. The molecule has 2 heterocycles. The Labute approximate surface area is 270 Å². The van der Waals surface area contributed by atoms with Crippen LogP contribution in [0.15, 0.2) is 96.6 Å². The van der Waals surface area contributed by atoms with Gasteiger partial charge in [-0.05, 0) is 79.6 Å². The second-order valence-corrected chi connectivity index (χ2v) is 11.4. The van der Waals surface area contributed by atoms with Crippen molar-refractivity contribution in [3.63, 3.8) is 0 Å². The van der Waals surface area contributed by atoms with Gasteiger partial charge in [-0.2, -0.15) is 0 Å². The predicted octanol–water partition coefficient (Wildman–Crippen LogP) is 7.31. The number of methoxy groups -OCH3 is 1. The first-order valence-electron chi connectivity index (χ1n) is 14.8. The summed E-state index contributed by atoms with van der Waals surface area (Å²) >= 11 is 1.26. The molecule has 1 saturated heterocycles. The van der Waals surface area contributed by atoms with Gasteiger partial charge >= 0.3 is 5.91 Å². The first kappa shape index (κ1) is 30.7. The molecular formula is C36H32N2O7S. The van der Waals surface area contributed by atoms with E-state index in [0.29, 0.717) is 64.6 Å². The Morgan fingerprint density at radius 2 is 1.57 bits per heavy atom. The molecule has 234 valence electrons. The zero-order valence-electron chi connectivity index (χ0n) is 25.6. The quantitative estimate of drug-likeness (QED) is 0.0914. The molecular weight excluding hydrogens is 604 g/mol. The average molecular weight is 637 g/mol. The fourth-order valence-electron chi connectivity index (χ4n) is 5.34. The normalized spacial score (nSPS) is 15.7. The van der Waals surface area contributed by atoms with Crippen LogP contribution in [0.1, 0.15) is 36.6 Å². The Balaban J connectivity index is 1.46. The van der Waals surface area contributed by atoms with Gasteiger partial charge in [-0.3, -0.25) is 14.5 Å². The van der Waals surface area contributed by atoms with E-state index < -0.39 is 17.7 Å². The lowest BCUT2D eigenvalue weighted by Gasteiger charge is -2.24. The van der Waals surface area contributed by atoms with E-state index in [1.165, 1.54) is 23.3 Å². The standard InChI is InChI=1S/C36H32N2O7S/c1-4-43-25-14-11-23(12-15-25)33(39)31-32(24-13-18-28(29(19-24)42-3)45-21-22-9-7-6-8-10-22)38(35(41)34(31)40)36-37-27-17-16-26(44-5-2)20-30(27)46-36/h6-20,32,39H,4-5,21H2,1-3H3/b33-31+. The molecule has 46 heavy (non-hydrogen) atoms. The van der Waals surface area contributed by atoms with Crippen LogP contribution in [0.4, 0.5) is 5.13 Å². The number of thiazole rings is 1. The number of fused-ring (bicyclic) bond motifs is 1. The van der Waals surface area contributed by atoms with Gasteiger partial charge in [-0.1, -0.05) is 47.7 Å². The molecule has 0 bridgehead atoms. The highest BCUT2D eigenvalue weighted by atomic mass is 32.1. The molecule has 0 aliphatic carbocycles. The molecule has 0 spiro atoms. The number of carbonyl (C=O) groups excluding carboxylic acids is 2. The number of Topliss-reactive ketones (excluding diaryl/α,β-unsaturated/α-hetero) is 1. The SMILES string of the molecule is CCOc1ccc(/C(O)=C2\C(=O)C(=O)N(c3nc4ccc(OCC)cc4s3)C2c2ccc(OCc3ccccc3)c(OC)c2)cc1. The van der Waals surface area contributed by atoms with Gasteiger partial charge in [0.05, 0.1) is 42.2 Å². The van der Waals surface area contributed by atoms with Crippen LogP contribution in [0.3, 0.4) is 0 Å². The van der Waals surface area contributed by atoms with Crippen molar-refractivity contribution in [3.8, 4) is 23.0 Å². The predicted molar refractivity (Wildman–Crippen MR) is 177 cm³/mol. The summed E-state index contributed by atoms with van der Waals surface area (Å²) < 4.78 is 23.7. The zero-order valence-corrected chi connectivity index (χ0v) is 26.4. The molecule has 1 aliphatic heterocycles. The summed E-state index contributed by atoms with van der Waals surface area (Å²) in [6.45, 7) is 5.09.